The first-order chi connectivity index (χ1) is 13.5. The van der Waals surface area contributed by atoms with Gasteiger partial charge in [-0.1, -0.05) is 98.0 Å². The molecule has 0 fully saturated rings. The van der Waals surface area contributed by atoms with Gasteiger partial charge in [0.15, 0.2) is 0 Å². The number of carboxylic acid groups (broad SMARTS) is 1. The van der Waals surface area contributed by atoms with Crippen LogP contribution in [-0.2, 0) is 19.3 Å². The van der Waals surface area contributed by atoms with Gasteiger partial charge >= 0.3 is 5.97 Å². The van der Waals surface area contributed by atoms with E-state index in [1.807, 2.05) is 6.07 Å². The first kappa shape index (κ1) is 24.7. The number of carbonyl (C=O) groups is 1. The normalized spacial score (nSPS) is 12.3. The van der Waals surface area contributed by atoms with Crippen LogP contribution < -0.4 is 0 Å². The van der Waals surface area contributed by atoms with E-state index in [4.69, 9.17) is 0 Å². The van der Waals surface area contributed by atoms with Crippen molar-refractivity contribution >= 4 is 5.97 Å². The molecule has 0 aliphatic heterocycles. The smallest absolute Gasteiger partial charge is 0.335 e. The van der Waals surface area contributed by atoms with Gasteiger partial charge in [0, 0.05) is 0 Å². The van der Waals surface area contributed by atoms with E-state index < -0.39 is 5.97 Å². The molecule has 1 aromatic rings. The molecule has 0 aromatic heterocycles. The Labute approximate surface area is 174 Å². The number of hydrogen-bond donors (Lipinski definition) is 1. The summed E-state index contributed by atoms with van der Waals surface area (Å²) in [6.07, 6.45) is 16.9. The molecule has 1 rings (SSSR count). The first-order valence-corrected chi connectivity index (χ1v) is 11.9. The van der Waals surface area contributed by atoms with Crippen molar-refractivity contribution in [2.24, 2.45) is 5.92 Å². The van der Waals surface area contributed by atoms with Crippen LogP contribution in [0.15, 0.2) is 12.1 Å². The molecule has 1 atom stereocenters. The van der Waals surface area contributed by atoms with E-state index in [1.54, 1.807) is 0 Å². The van der Waals surface area contributed by atoms with Gasteiger partial charge in [-0.15, -0.1) is 0 Å². The number of unbranched alkanes of at least 4 members (excludes halogenated alkanes) is 8. The van der Waals surface area contributed by atoms with E-state index in [0.29, 0.717) is 11.5 Å². The third-order valence-corrected chi connectivity index (χ3v) is 6.02. The maximum atomic E-state index is 11.8. The second-order valence-corrected chi connectivity index (χ2v) is 8.56. The molecule has 28 heavy (non-hydrogen) atoms. The van der Waals surface area contributed by atoms with E-state index in [2.05, 4.69) is 33.8 Å². The minimum Gasteiger partial charge on any atom is -0.478 e. The molecule has 0 bridgehead atoms. The Morgan fingerprint density at radius 1 is 0.857 bits per heavy atom. The van der Waals surface area contributed by atoms with E-state index >= 15 is 0 Å². The minimum absolute atomic E-state index is 0.537. The van der Waals surface area contributed by atoms with Gasteiger partial charge in [-0.2, -0.15) is 0 Å². The van der Waals surface area contributed by atoms with Crippen LogP contribution in [0.4, 0.5) is 0 Å². The van der Waals surface area contributed by atoms with Crippen molar-refractivity contribution in [3.05, 3.63) is 34.4 Å². The summed E-state index contributed by atoms with van der Waals surface area (Å²) in [6, 6.07) is 3.91. The third kappa shape index (κ3) is 8.80. The van der Waals surface area contributed by atoms with Crippen molar-refractivity contribution < 1.29 is 9.90 Å². The summed E-state index contributed by atoms with van der Waals surface area (Å²) in [5.74, 6) is -0.145. The number of aryl methyl sites for hydroxylation is 1. The van der Waals surface area contributed by atoms with Crippen molar-refractivity contribution in [2.75, 3.05) is 0 Å². The zero-order valence-electron chi connectivity index (χ0n) is 19.0. The van der Waals surface area contributed by atoms with E-state index in [-0.39, 0.29) is 0 Å². The lowest BCUT2D eigenvalue weighted by molar-refractivity contribution is 0.0695. The predicted molar refractivity (Wildman–Crippen MR) is 121 cm³/mol. The molecule has 1 N–H and O–H groups in total. The lowest BCUT2D eigenvalue weighted by Gasteiger charge is -2.20. The Kier molecular flexibility index (Phi) is 12.9. The summed E-state index contributed by atoms with van der Waals surface area (Å²) in [4.78, 5) is 11.8. The molecule has 0 spiro atoms. The van der Waals surface area contributed by atoms with Crippen molar-refractivity contribution in [3.8, 4) is 0 Å². The molecule has 0 saturated carbocycles. The molecule has 0 aliphatic rings. The van der Waals surface area contributed by atoms with Crippen LogP contribution in [0, 0.1) is 5.92 Å². The van der Waals surface area contributed by atoms with Gasteiger partial charge < -0.3 is 5.11 Å². The molecule has 1 aromatic carbocycles. The van der Waals surface area contributed by atoms with Crippen LogP contribution in [-0.4, -0.2) is 11.1 Å². The topological polar surface area (TPSA) is 37.3 Å². The van der Waals surface area contributed by atoms with Crippen LogP contribution in [0.1, 0.15) is 125 Å². The predicted octanol–water partition coefficient (Wildman–Crippen LogP) is 8.00. The highest BCUT2D eigenvalue weighted by Gasteiger charge is 2.18. The van der Waals surface area contributed by atoms with E-state index in [9.17, 15) is 9.90 Å². The molecule has 0 radical (unpaired) electrons. The number of rotatable bonds is 16. The SMILES string of the molecule is CCCCCCCCC(C)Cc1c(CC)ccc(C(=O)O)c1CCCCCC. The highest BCUT2D eigenvalue weighted by Crippen LogP contribution is 2.27. The second kappa shape index (κ2) is 14.7. The Morgan fingerprint density at radius 2 is 1.46 bits per heavy atom. The van der Waals surface area contributed by atoms with Crippen molar-refractivity contribution in [1.82, 2.24) is 0 Å². The Morgan fingerprint density at radius 3 is 2.07 bits per heavy atom. The van der Waals surface area contributed by atoms with Crippen molar-refractivity contribution in [1.29, 1.82) is 0 Å². The molecule has 2 heteroatoms. The summed E-state index contributed by atoms with van der Waals surface area (Å²) in [7, 11) is 0. The number of benzene rings is 1. The highest BCUT2D eigenvalue weighted by molar-refractivity contribution is 5.90. The Bertz CT molecular complexity index is 562. The van der Waals surface area contributed by atoms with Crippen LogP contribution in [0.3, 0.4) is 0 Å². The van der Waals surface area contributed by atoms with Gasteiger partial charge in [-0.3, -0.25) is 0 Å². The van der Waals surface area contributed by atoms with Crippen LogP contribution in [0.5, 0.6) is 0 Å². The maximum Gasteiger partial charge on any atom is 0.335 e. The third-order valence-electron chi connectivity index (χ3n) is 6.02. The van der Waals surface area contributed by atoms with Gasteiger partial charge in [0.1, 0.15) is 0 Å². The Balaban J connectivity index is 2.82. The maximum absolute atomic E-state index is 11.8. The standard InChI is InChI=1S/C26H44O2/c1-5-8-10-12-13-14-16-21(4)20-25-22(7-3)18-19-24(26(27)28)23(25)17-15-11-9-6-2/h18-19,21H,5-17,20H2,1-4H3,(H,27,28). The monoisotopic (exact) mass is 388 g/mol. The first-order valence-electron chi connectivity index (χ1n) is 11.9. The lowest BCUT2D eigenvalue weighted by atomic mass is 9.85. The van der Waals surface area contributed by atoms with E-state index in [1.165, 1.54) is 75.3 Å². The average molecular weight is 389 g/mol. The molecule has 160 valence electrons. The van der Waals surface area contributed by atoms with Gasteiger partial charge in [0.2, 0.25) is 0 Å². The molecule has 1 unspecified atom stereocenters. The fourth-order valence-corrected chi connectivity index (χ4v) is 4.27. The van der Waals surface area contributed by atoms with Crippen molar-refractivity contribution in [2.45, 2.75) is 118 Å². The fourth-order valence-electron chi connectivity index (χ4n) is 4.27. The lowest BCUT2D eigenvalue weighted by Crippen LogP contribution is -2.12. The minimum atomic E-state index is -0.766. The van der Waals surface area contributed by atoms with Gasteiger partial charge in [0.05, 0.1) is 5.56 Å². The van der Waals surface area contributed by atoms with E-state index in [0.717, 1.165) is 31.2 Å². The highest BCUT2D eigenvalue weighted by atomic mass is 16.4. The van der Waals surface area contributed by atoms with Crippen molar-refractivity contribution in [3.63, 3.8) is 0 Å². The van der Waals surface area contributed by atoms with Crippen LogP contribution in [0.25, 0.3) is 0 Å². The zero-order chi connectivity index (χ0) is 20.8. The second-order valence-electron chi connectivity index (χ2n) is 8.56. The molecule has 0 heterocycles. The van der Waals surface area contributed by atoms with Gasteiger partial charge in [0.25, 0.3) is 0 Å². The largest absolute Gasteiger partial charge is 0.478 e. The number of carboxylic acids is 1. The number of hydrogen-bond acceptors (Lipinski definition) is 1. The molecule has 0 saturated heterocycles. The molecular weight excluding hydrogens is 344 g/mol. The Hall–Kier alpha value is -1.31. The molecular formula is C26H44O2. The molecule has 0 amide bonds. The van der Waals surface area contributed by atoms with Gasteiger partial charge in [-0.05, 0) is 54.4 Å². The summed E-state index contributed by atoms with van der Waals surface area (Å²) in [5, 5.41) is 9.73. The zero-order valence-corrected chi connectivity index (χ0v) is 19.0. The van der Waals surface area contributed by atoms with Crippen LogP contribution in [0.2, 0.25) is 0 Å². The summed E-state index contributed by atoms with van der Waals surface area (Å²) < 4.78 is 0. The molecule has 2 nitrogen and oxygen atoms in total. The summed E-state index contributed by atoms with van der Waals surface area (Å²) >= 11 is 0. The summed E-state index contributed by atoms with van der Waals surface area (Å²) in [6.45, 7) is 9.02. The number of aromatic carboxylic acids is 1. The molecule has 0 aliphatic carbocycles. The van der Waals surface area contributed by atoms with Gasteiger partial charge in [-0.25, -0.2) is 4.79 Å². The average Bonchev–Trinajstić information content (AvgIpc) is 2.68. The quantitative estimate of drug-likeness (QED) is 0.291. The summed E-state index contributed by atoms with van der Waals surface area (Å²) in [5.41, 5.74) is 4.36. The van der Waals surface area contributed by atoms with Crippen LogP contribution >= 0.6 is 0 Å². The fraction of sp³-hybridized carbons (Fsp3) is 0.731.